The Hall–Kier alpha value is -1.09. The Kier molecular flexibility index (Phi) is 5.42. The summed E-state index contributed by atoms with van der Waals surface area (Å²) in [6.45, 7) is 10.4. The van der Waals surface area contributed by atoms with Crippen molar-refractivity contribution in [3.63, 3.8) is 0 Å². The Labute approximate surface area is 105 Å². The number of aryl methyl sites for hydroxylation is 1. The van der Waals surface area contributed by atoms with Crippen molar-refractivity contribution in [3.8, 4) is 5.75 Å². The number of rotatable bonds is 6. The first-order valence-corrected chi connectivity index (χ1v) is 6.26. The van der Waals surface area contributed by atoms with Crippen LogP contribution in [0.2, 0.25) is 0 Å². The second-order valence-corrected chi connectivity index (χ2v) is 4.91. The number of nitrogens with zero attached hydrogens (tertiary/aromatic N) is 1. The standard InChI is InChI=1S/C14H24N2O/c1-10(2)6-7-15-9-13-12(4)14(17-5)11(3)8-16-13/h8,10,15H,6-7,9H2,1-5H3. The van der Waals surface area contributed by atoms with Crippen LogP contribution in [0.4, 0.5) is 0 Å². The van der Waals surface area contributed by atoms with Gasteiger partial charge in [0.1, 0.15) is 5.75 Å². The third-order valence-electron chi connectivity index (χ3n) is 2.94. The summed E-state index contributed by atoms with van der Waals surface area (Å²) in [5.41, 5.74) is 3.32. The van der Waals surface area contributed by atoms with Crippen LogP contribution in [0.25, 0.3) is 0 Å². The molecular formula is C14H24N2O. The second-order valence-electron chi connectivity index (χ2n) is 4.91. The number of ether oxygens (including phenoxy) is 1. The second kappa shape index (κ2) is 6.60. The number of hydrogen-bond acceptors (Lipinski definition) is 3. The maximum absolute atomic E-state index is 5.39. The number of nitrogens with one attached hydrogen (secondary N) is 1. The van der Waals surface area contributed by atoms with Crippen molar-refractivity contribution >= 4 is 0 Å². The van der Waals surface area contributed by atoms with Gasteiger partial charge in [-0.1, -0.05) is 13.8 Å². The quantitative estimate of drug-likeness (QED) is 0.771. The Morgan fingerprint density at radius 3 is 2.65 bits per heavy atom. The summed E-state index contributed by atoms with van der Waals surface area (Å²) >= 11 is 0. The predicted molar refractivity (Wildman–Crippen MR) is 71.4 cm³/mol. The summed E-state index contributed by atoms with van der Waals surface area (Å²) in [6, 6.07) is 0. The number of methoxy groups -OCH3 is 1. The van der Waals surface area contributed by atoms with E-state index >= 15 is 0 Å². The summed E-state index contributed by atoms with van der Waals surface area (Å²) < 4.78 is 5.39. The number of pyridine rings is 1. The normalized spacial score (nSPS) is 10.9. The molecule has 0 radical (unpaired) electrons. The minimum atomic E-state index is 0.740. The van der Waals surface area contributed by atoms with Gasteiger partial charge in [-0.25, -0.2) is 0 Å². The Morgan fingerprint density at radius 2 is 2.06 bits per heavy atom. The molecule has 1 rings (SSSR count). The third-order valence-corrected chi connectivity index (χ3v) is 2.94. The zero-order valence-electron chi connectivity index (χ0n) is 11.6. The predicted octanol–water partition coefficient (Wildman–Crippen LogP) is 2.84. The van der Waals surface area contributed by atoms with Crippen molar-refractivity contribution in [2.45, 2.75) is 40.7 Å². The minimum Gasteiger partial charge on any atom is -0.496 e. The molecule has 1 aromatic heterocycles. The Balaban J connectivity index is 2.60. The van der Waals surface area contributed by atoms with Gasteiger partial charge in [-0.05, 0) is 32.7 Å². The first-order valence-electron chi connectivity index (χ1n) is 6.26. The van der Waals surface area contributed by atoms with Crippen molar-refractivity contribution < 1.29 is 4.74 Å². The first kappa shape index (κ1) is 14.0. The fourth-order valence-electron chi connectivity index (χ4n) is 1.85. The van der Waals surface area contributed by atoms with Gasteiger partial charge in [0.05, 0.1) is 12.8 Å². The molecule has 0 spiro atoms. The van der Waals surface area contributed by atoms with Crippen LogP contribution in [0.15, 0.2) is 6.20 Å². The van der Waals surface area contributed by atoms with Crippen molar-refractivity contribution in [2.75, 3.05) is 13.7 Å². The maximum atomic E-state index is 5.39. The molecule has 3 nitrogen and oxygen atoms in total. The van der Waals surface area contributed by atoms with E-state index in [-0.39, 0.29) is 0 Å². The lowest BCUT2D eigenvalue weighted by atomic mass is 10.1. The van der Waals surface area contributed by atoms with Gasteiger partial charge in [0.2, 0.25) is 0 Å². The average Bonchev–Trinajstić information content (AvgIpc) is 2.27. The average molecular weight is 236 g/mol. The molecule has 1 heterocycles. The van der Waals surface area contributed by atoms with Crippen LogP contribution >= 0.6 is 0 Å². The summed E-state index contributed by atoms with van der Waals surface area (Å²) in [5, 5.41) is 3.43. The molecule has 0 aliphatic carbocycles. The highest BCUT2D eigenvalue weighted by Crippen LogP contribution is 2.23. The van der Waals surface area contributed by atoms with E-state index in [0.29, 0.717) is 0 Å². The van der Waals surface area contributed by atoms with Gasteiger partial charge in [-0.3, -0.25) is 4.98 Å². The van der Waals surface area contributed by atoms with Crippen LogP contribution in [0.5, 0.6) is 5.75 Å². The highest BCUT2D eigenvalue weighted by Gasteiger charge is 2.08. The molecule has 1 N–H and O–H groups in total. The van der Waals surface area contributed by atoms with E-state index in [1.165, 1.54) is 6.42 Å². The lowest BCUT2D eigenvalue weighted by molar-refractivity contribution is 0.406. The van der Waals surface area contributed by atoms with Crippen LogP contribution in [0.1, 0.15) is 37.1 Å². The maximum Gasteiger partial charge on any atom is 0.128 e. The smallest absolute Gasteiger partial charge is 0.128 e. The van der Waals surface area contributed by atoms with Crippen LogP contribution in [-0.4, -0.2) is 18.6 Å². The van der Waals surface area contributed by atoms with E-state index in [4.69, 9.17) is 4.74 Å². The van der Waals surface area contributed by atoms with Crippen molar-refractivity contribution in [1.82, 2.24) is 10.3 Å². The molecule has 0 aromatic carbocycles. The largest absolute Gasteiger partial charge is 0.496 e. The monoisotopic (exact) mass is 236 g/mol. The van der Waals surface area contributed by atoms with Crippen LogP contribution in [-0.2, 0) is 6.54 Å². The van der Waals surface area contributed by atoms with E-state index in [1.807, 2.05) is 13.1 Å². The Bertz CT molecular complexity index is 361. The van der Waals surface area contributed by atoms with Crippen molar-refractivity contribution in [1.29, 1.82) is 0 Å². The van der Waals surface area contributed by atoms with Gasteiger partial charge < -0.3 is 10.1 Å². The van der Waals surface area contributed by atoms with E-state index < -0.39 is 0 Å². The highest BCUT2D eigenvalue weighted by atomic mass is 16.5. The van der Waals surface area contributed by atoms with Crippen LogP contribution in [0.3, 0.4) is 0 Å². The fourth-order valence-corrected chi connectivity index (χ4v) is 1.85. The van der Waals surface area contributed by atoms with Crippen LogP contribution in [0, 0.1) is 19.8 Å². The summed E-state index contributed by atoms with van der Waals surface area (Å²) in [7, 11) is 1.71. The van der Waals surface area contributed by atoms with Gasteiger partial charge in [0.15, 0.2) is 0 Å². The molecule has 0 bridgehead atoms. The van der Waals surface area contributed by atoms with Gasteiger partial charge >= 0.3 is 0 Å². The molecule has 17 heavy (non-hydrogen) atoms. The van der Waals surface area contributed by atoms with Gasteiger partial charge in [0, 0.05) is 23.9 Å². The number of hydrogen-bond donors (Lipinski definition) is 1. The molecule has 0 aliphatic rings. The first-order chi connectivity index (χ1) is 8.06. The molecule has 0 atom stereocenters. The summed E-state index contributed by atoms with van der Waals surface area (Å²) in [5.74, 6) is 1.70. The molecule has 1 aromatic rings. The van der Waals surface area contributed by atoms with E-state index in [0.717, 1.165) is 41.6 Å². The molecule has 0 unspecified atom stereocenters. The lowest BCUT2D eigenvalue weighted by Gasteiger charge is -2.13. The highest BCUT2D eigenvalue weighted by molar-refractivity contribution is 5.40. The number of aromatic nitrogens is 1. The van der Waals surface area contributed by atoms with Gasteiger partial charge in [0.25, 0.3) is 0 Å². The summed E-state index contributed by atoms with van der Waals surface area (Å²) in [4.78, 5) is 4.46. The molecule has 0 amide bonds. The lowest BCUT2D eigenvalue weighted by Crippen LogP contribution is -2.18. The molecule has 0 saturated heterocycles. The topological polar surface area (TPSA) is 34.1 Å². The van der Waals surface area contributed by atoms with E-state index in [9.17, 15) is 0 Å². The molecule has 0 fully saturated rings. The molecular weight excluding hydrogens is 212 g/mol. The van der Waals surface area contributed by atoms with Gasteiger partial charge in [-0.15, -0.1) is 0 Å². The molecule has 0 saturated carbocycles. The van der Waals surface area contributed by atoms with Crippen LogP contribution < -0.4 is 10.1 Å². The zero-order chi connectivity index (χ0) is 12.8. The summed E-state index contributed by atoms with van der Waals surface area (Å²) in [6.07, 6.45) is 3.08. The fraction of sp³-hybridized carbons (Fsp3) is 0.643. The van der Waals surface area contributed by atoms with E-state index in [2.05, 4.69) is 31.1 Å². The SMILES string of the molecule is COc1c(C)cnc(CNCCC(C)C)c1C. The molecule has 0 aliphatic heterocycles. The van der Waals surface area contributed by atoms with Gasteiger partial charge in [-0.2, -0.15) is 0 Å². The van der Waals surface area contributed by atoms with Crippen molar-refractivity contribution in [3.05, 3.63) is 23.0 Å². The minimum absolute atomic E-state index is 0.740. The Morgan fingerprint density at radius 1 is 1.35 bits per heavy atom. The third kappa shape index (κ3) is 4.00. The zero-order valence-corrected chi connectivity index (χ0v) is 11.6. The molecule has 3 heteroatoms. The van der Waals surface area contributed by atoms with E-state index in [1.54, 1.807) is 7.11 Å². The molecule has 96 valence electrons. The van der Waals surface area contributed by atoms with Crippen molar-refractivity contribution in [2.24, 2.45) is 5.92 Å².